The molecule has 0 fully saturated rings. The van der Waals surface area contributed by atoms with Crippen LogP contribution in [0.4, 0.5) is 10.1 Å². The van der Waals surface area contributed by atoms with E-state index in [0.29, 0.717) is 29.7 Å². The van der Waals surface area contributed by atoms with Gasteiger partial charge in [-0.05, 0) is 50.5 Å². The number of halogens is 1. The standard InChI is InChI=1S/C25H26FN5O3/c1-4-31-23-22(17(3)28-31)30(15-21(32)27-19-11-10-16(2)20(26)14-19)25(34)29(24(23)33)13-12-18-8-6-5-7-9-18/h5-11,14H,4,12-13,15H2,1-3H3,(H,27,32). The third-order valence-corrected chi connectivity index (χ3v) is 5.80. The molecule has 2 heterocycles. The number of rotatable bonds is 7. The zero-order valence-corrected chi connectivity index (χ0v) is 19.3. The van der Waals surface area contributed by atoms with Gasteiger partial charge in [0, 0.05) is 18.8 Å². The maximum Gasteiger partial charge on any atom is 0.332 e. The number of hydrogen-bond acceptors (Lipinski definition) is 4. The Morgan fingerprint density at radius 2 is 1.76 bits per heavy atom. The molecular formula is C25H26FN5O3. The number of benzene rings is 2. The Balaban J connectivity index is 1.75. The van der Waals surface area contributed by atoms with Crippen molar-refractivity contribution in [2.45, 2.75) is 46.8 Å². The molecule has 34 heavy (non-hydrogen) atoms. The Bertz CT molecular complexity index is 1480. The molecule has 0 unspecified atom stereocenters. The summed E-state index contributed by atoms with van der Waals surface area (Å²) in [6.45, 7) is 5.44. The van der Waals surface area contributed by atoms with Crippen LogP contribution in [0, 0.1) is 19.7 Å². The summed E-state index contributed by atoms with van der Waals surface area (Å²) in [5.41, 5.74) is 1.81. The molecular weight excluding hydrogens is 437 g/mol. The van der Waals surface area contributed by atoms with Crippen LogP contribution in [0.1, 0.15) is 23.7 Å². The van der Waals surface area contributed by atoms with Crippen molar-refractivity contribution in [2.24, 2.45) is 0 Å². The Morgan fingerprint density at radius 3 is 2.44 bits per heavy atom. The van der Waals surface area contributed by atoms with Crippen molar-refractivity contribution in [1.82, 2.24) is 18.9 Å². The second kappa shape index (κ2) is 9.46. The predicted molar refractivity (Wildman–Crippen MR) is 129 cm³/mol. The fraction of sp³-hybridized carbons (Fsp3) is 0.280. The smallest absolute Gasteiger partial charge is 0.324 e. The van der Waals surface area contributed by atoms with Crippen LogP contribution in [-0.4, -0.2) is 24.8 Å². The van der Waals surface area contributed by atoms with Crippen molar-refractivity contribution >= 4 is 22.6 Å². The largest absolute Gasteiger partial charge is 0.332 e. The second-order valence-corrected chi connectivity index (χ2v) is 8.17. The summed E-state index contributed by atoms with van der Waals surface area (Å²) >= 11 is 0. The van der Waals surface area contributed by atoms with E-state index >= 15 is 0 Å². The van der Waals surface area contributed by atoms with E-state index in [-0.39, 0.29) is 24.3 Å². The van der Waals surface area contributed by atoms with Gasteiger partial charge in [-0.3, -0.25) is 23.4 Å². The third kappa shape index (κ3) is 4.41. The predicted octanol–water partition coefficient (Wildman–Crippen LogP) is 3.02. The van der Waals surface area contributed by atoms with Gasteiger partial charge >= 0.3 is 5.69 Å². The summed E-state index contributed by atoms with van der Waals surface area (Å²) in [6.07, 6.45) is 0.482. The fourth-order valence-corrected chi connectivity index (χ4v) is 4.04. The van der Waals surface area contributed by atoms with Crippen molar-refractivity contribution in [3.63, 3.8) is 0 Å². The molecule has 1 N–H and O–H groups in total. The third-order valence-electron chi connectivity index (χ3n) is 5.80. The molecule has 1 amide bonds. The van der Waals surface area contributed by atoms with Gasteiger partial charge in [0.05, 0.1) is 5.69 Å². The van der Waals surface area contributed by atoms with Gasteiger partial charge in [-0.2, -0.15) is 5.10 Å². The summed E-state index contributed by atoms with van der Waals surface area (Å²) in [4.78, 5) is 39.5. The molecule has 0 saturated heterocycles. The zero-order valence-electron chi connectivity index (χ0n) is 19.3. The van der Waals surface area contributed by atoms with Crippen LogP contribution in [0.5, 0.6) is 0 Å². The molecule has 0 saturated carbocycles. The van der Waals surface area contributed by atoms with Crippen LogP contribution in [-0.2, 0) is 30.8 Å². The monoisotopic (exact) mass is 463 g/mol. The molecule has 0 bridgehead atoms. The zero-order chi connectivity index (χ0) is 24.4. The van der Waals surface area contributed by atoms with Crippen molar-refractivity contribution in [1.29, 1.82) is 0 Å². The lowest BCUT2D eigenvalue weighted by Gasteiger charge is -2.13. The molecule has 0 spiro atoms. The van der Waals surface area contributed by atoms with Crippen molar-refractivity contribution in [3.8, 4) is 0 Å². The summed E-state index contributed by atoms with van der Waals surface area (Å²) in [6, 6.07) is 13.9. The van der Waals surface area contributed by atoms with Crippen molar-refractivity contribution in [2.75, 3.05) is 5.32 Å². The van der Waals surface area contributed by atoms with E-state index in [4.69, 9.17) is 0 Å². The lowest BCUT2D eigenvalue weighted by molar-refractivity contribution is -0.116. The van der Waals surface area contributed by atoms with Gasteiger partial charge in [0.25, 0.3) is 5.56 Å². The van der Waals surface area contributed by atoms with Gasteiger partial charge in [-0.25, -0.2) is 9.18 Å². The number of fused-ring (bicyclic) bond motifs is 1. The quantitative estimate of drug-likeness (QED) is 0.456. The van der Waals surface area contributed by atoms with E-state index in [2.05, 4.69) is 10.4 Å². The van der Waals surface area contributed by atoms with Gasteiger partial charge < -0.3 is 5.32 Å². The van der Waals surface area contributed by atoms with E-state index in [1.807, 2.05) is 37.3 Å². The van der Waals surface area contributed by atoms with Gasteiger partial charge in [0.1, 0.15) is 17.9 Å². The van der Waals surface area contributed by atoms with E-state index in [1.54, 1.807) is 30.7 Å². The van der Waals surface area contributed by atoms with E-state index < -0.39 is 23.0 Å². The Labute approximate surface area is 195 Å². The Morgan fingerprint density at radius 1 is 1.03 bits per heavy atom. The van der Waals surface area contributed by atoms with Gasteiger partial charge in [0.15, 0.2) is 5.52 Å². The molecule has 0 aliphatic rings. The Hall–Kier alpha value is -4.01. The summed E-state index contributed by atoms with van der Waals surface area (Å²) in [5.74, 6) is -0.949. The van der Waals surface area contributed by atoms with E-state index in [1.165, 1.54) is 10.6 Å². The fourth-order valence-electron chi connectivity index (χ4n) is 4.04. The lowest BCUT2D eigenvalue weighted by atomic mass is 10.1. The first-order valence-corrected chi connectivity index (χ1v) is 11.1. The number of hydrogen-bond donors (Lipinski definition) is 1. The molecule has 4 aromatic rings. The average molecular weight is 464 g/mol. The maximum atomic E-state index is 13.9. The second-order valence-electron chi connectivity index (χ2n) is 8.17. The molecule has 4 rings (SSSR count). The minimum Gasteiger partial charge on any atom is -0.324 e. The number of carbonyl (C=O) groups excluding carboxylic acids is 1. The minimum atomic E-state index is -0.586. The van der Waals surface area contributed by atoms with Crippen LogP contribution >= 0.6 is 0 Å². The summed E-state index contributed by atoms with van der Waals surface area (Å²) in [5, 5.41) is 7.03. The van der Waals surface area contributed by atoms with Crippen LogP contribution in [0.2, 0.25) is 0 Å². The van der Waals surface area contributed by atoms with Crippen LogP contribution in [0.15, 0.2) is 58.1 Å². The highest BCUT2D eigenvalue weighted by molar-refractivity contribution is 5.91. The van der Waals surface area contributed by atoms with E-state index in [0.717, 1.165) is 10.1 Å². The number of nitrogens with zero attached hydrogens (tertiary/aromatic N) is 4. The highest BCUT2D eigenvalue weighted by Gasteiger charge is 2.21. The van der Waals surface area contributed by atoms with E-state index in [9.17, 15) is 18.8 Å². The SMILES string of the molecule is CCn1nc(C)c2c1c(=O)n(CCc1ccccc1)c(=O)n2CC(=O)Nc1ccc(C)c(F)c1. The first kappa shape index (κ1) is 23.2. The highest BCUT2D eigenvalue weighted by Crippen LogP contribution is 2.16. The first-order chi connectivity index (χ1) is 16.3. The normalized spacial score (nSPS) is 11.2. The number of anilines is 1. The molecule has 8 nitrogen and oxygen atoms in total. The number of aryl methyl sites for hydroxylation is 4. The molecule has 0 radical (unpaired) electrons. The molecule has 9 heteroatoms. The maximum absolute atomic E-state index is 13.9. The minimum absolute atomic E-state index is 0.163. The van der Waals surface area contributed by atoms with Gasteiger partial charge in [-0.15, -0.1) is 0 Å². The van der Waals surface area contributed by atoms with Crippen LogP contribution in [0.3, 0.4) is 0 Å². The molecule has 0 atom stereocenters. The van der Waals surface area contributed by atoms with Crippen molar-refractivity contribution in [3.05, 3.63) is 92.0 Å². The van der Waals surface area contributed by atoms with Crippen LogP contribution < -0.4 is 16.6 Å². The highest BCUT2D eigenvalue weighted by atomic mass is 19.1. The molecule has 176 valence electrons. The summed E-state index contributed by atoms with van der Waals surface area (Å²) in [7, 11) is 0. The topological polar surface area (TPSA) is 90.9 Å². The van der Waals surface area contributed by atoms with Gasteiger partial charge in [-0.1, -0.05) is 36.4 Å². The van der Waals surface area contributed by atoms with Crippen LogP contribution in [0.25, 0.3) is 11.0 Å². The number of carbonyl (C=O) groups is 1. The number of nitrogens with one attached hydrogen (secondary N) is 1. The average Bonchev–Trinajstić information content (AvgIpc) is 3.16. The number of amides is 1. The molecule has 0 aliphatic heterocycles. The molecule has 2 aromatic carbocycles. The van der Waals surface area contributed by atoms with Crippen molar-refractivity contribution < 1.29 is 9.18 Å². The lowest BCUT2D eigenvalue weighted by Crippen LogP contribution is -2.42. The van der Waals surface area contributed by atoms with Gasteiger partial charge in [0.2, 0.25) is 5.91 Å². The number of aromatic nitrogens is 4. The first-order valence-electron chi connectivity index (χ1n) is 11.1. The molecule has 0 aliphatic carbocycles. The molecule has 2 aromatic heterocycles. The summed E-state index contributed by atoms with van der Waals surface area (Å²) < 4.78 is 17.9. The Kier molecular flexibility index (Phi) is 6.45.